The summed E-state index contributed by atoms with van der Waals surface area (Å²) in [4.78, 5) is 7.19. The van der Waals surface area contributed by atoms with Crippen molar-refractivity contribution in [3.05, 3.63) is 64.7 Å². The second-order valence-electron chi connectivity index (χ2n) is 8.26. The minimum Gasteiger partial charge on any atom is -0.360 e. The average Bonchev–Trinajstić information content (AvgIpc) is 2.53. The molecule has 0 fully saturated rings. The molecule has 2 heteroatoms. The van der Waals surface area contributed by atoms with Gasteiger partial charge in [0.15, 0.2) is 0 Å². The molecule has 0 aliphatic carbocycles. The van der Waals surface area contributed by atoms with Gasteiger partial charge in [-0.2, -0.15) is 0 Å². The highest BCUT2D eigenvalue weighted by atomic mass is 15.2. The van der Waals surface area contributed by atoms with Gasteiger partial charge in [0.25, 0.3) is 0 Å². The fourth-order valence-electron chi connectivity index (χ4n) is 4.07. The highest BCUT2D eigenvalue weighted by Gasteiger charge is 2.33. The van der Waals surface area contributed by atoms with Crippen LogP contribution in [0.15, 0.2) is 47.5 Å². The van der Waals surface area contributed by atoms with Gasteiger partial charge in [0.2, 0.25) is 0 Å². The Morgan fingerprint density at radius 1 is 1.00 bits per heavy atom. The van der Waals surface area contributed by atoms with Gasteiger partial charge in [-0.05, 0) is 89.4 Å². The number of hydrogen-bond acceptors (Lipinski definition) is 2. The maximum absolute atomic E-state index is 4.68. The number of anilines is 1. The Morgan fingerprint density at radius 3 is 2.27 bits per heavy atom. The lowest BCUT2D eigenvalue weighted by Crippen LogP contribution is -2.49. The molecule has 0 bridgehead atoms. The van der Waals surface area contributed by atoms with Crippen LogP contribution in [0.1, 0.15) is 56.9 Å². The summed E-state index contributed by atoms with van der Waals surface area (Å²) in [5.74, 6) is 0. The van der Waals surface area contributed by atoms with Crippen LogP contribution < -0.4 is 4.90 Å². The van der Waals surface area contributed by atoms with Crippen LogP contribution in [0.5, 0.6) is 0 Å². The molecule has 136 valence electrons. The third kappa shape index (κ3) is 3.46. The van der Waals surface area contributed by atoms with Crippen molar-refractivity contribution < 1.29 is 0 Å². The molecule has 0 aromatic heterocycles. The highest BCUT2D eigenvalue weighted by molar-refractivity contribution is 5.90. The van der Waals surface area contributed by atoms with E-state index in [1.54, 1.807) is 0 Å². The zero-order chi connectivity index (χ0) is 19.1. The molecule has 3 rings (SSSR count). The Kier molecular flexibility index (Phi) is 4.79. The molecule has 2 aromatic carbocycles. The summed E-state index contributed by atoms with van der Waals surface area (Å²) in [5, 5.41) is 0. The predicted octanol–water partition coefficient (Wildman–Crippen LogP) is 6.46. The fourth-order valence-corrected chi connectivity index (χ4v) is 4.07. The lowest BCUT2D eigenvalue weighted by atomic mass is 9.86. The van der Waals surface area contributed by atoms with Crippen molar-refractivity contribution in [1.29, 1.82) is 0 Å². The van der Waals surface area contributed by atoms with Gasteiger partial charge in [-0.25, -0.2) is 0 Å². The summed E-state index contributed by atoms with van der Waals surface area (Å²) in [5.41, 5.74) is 8.69. The Balaban J connectivity index is 2.04. The van der Waals surface area contributed by atoms with Crippen LogP contribution in [0, 0.1) is 13.8 Å². The second-order valence-corrected chi connectivity index (χ2v) is 8.26. The van der Waals surface area contributed by atoms with Crippen LogP contribution in [0.2, 0.25) is 0 Å². The van der Waals surface area contributed by atoms with Crippen LogP contribution in [0.4, 0.5) is 11.4 Å². The fraction of sp³-hybridized carbons (Fsp3) is 0.375. The van der Waals surface area contributed by atoms with Crippen LogP contribution in [-0.4, -0.2) is 17.8 Å². The predicted molar refractivity (Wildman–Crippen MR) is 115 cm³/mol. The summed E-state index contributed by atoms with van der Waals surface area (Å²) < 4.78 is 0. The maximum atomic E-state index is 4.68. The van der Waals surface area contributed by atoms with E-state index in [1.807, 2.05) is 6.21 Å². The topological polar surface area (TPSA) is 15.6 Å². The van der Waals surface area contributed by atoms with Gasteiger partial charge in [0.05, 0.1) is 11.2 Å². The van der Waals surface area contributed by atoms with Crippen molar-refractivity contribution in [3.8, 4) is 0 Å². The van der Waals surface area contributed by atoms with E-state index in [9.17, 15) is 0 Å². The Labute approximate surface area is 158 Å². The third-order valence-corrected chi connectivity index (χ3v) is 5.16. The van der Waals surface area contributed by atoms with Crippen molar-refractivity contribution in [3.63, 3.8) is 0 Å². The number of aryl methyl sites for hydroxylation is 2. The Morgan fingerprint density at radius 2 is 1.65 bits per heavy atom. The Bertz CT molecular complexity index is 868. The molecular formula is C24H30N2. The summed E-state index contributed by atoms with van der Waals surface area (Å²) in [6.45, 7) is 15.6. The first-order valence-corrected chi connectivity index (χ1v) is 9.43. The largest absolute Gasteiger partial charge is 0.360 e. The van der Waals surface area contributed by atoms with Crippen molar-refractivity contribution in [2.45, 2.75) is 60.0 Å². The van der Waals surface area contributed by atoms with Gasteiger partial charge in [-0.15, -0.1) is 0 Å². The summed E-state index contributed by atoms with van der Waals surface area (Å²) in [6, 6.07) is 13.4. The van der Waals surface area contributed by atoms with Gasteiger partial charge in [0.1, 0.15) is 0 Å². The number of benzene rings is 2. The maximum Gasteiger partial charge on any atom is 0.0630 e. The molecular weight excluding hydrogens is 316 g/mol. The van der Waals surface area contributed by atoms with E-state index in [0.717, 1.165) is 5.69 Å². The SMILES string of the molecule is CC1=CC(C)(C)N(C(C)C)c2cc(C)c(C=Nc3ccc(C)cc3)cc21. The van der Waals surface area contributed by atoms with Gasteiger partial charge < -0.3 is 4.90 Å². The van der Waals surface area contributed by atoms with E-state index in [-0.39, 0.29) is 5.54 Å². The molecule has 0 amide bonds. The monoisotopic (exact) mass is 346 g/mol. The molecule has 26 heavy (non-hydrogen) atoms. The van der Waals surface area contributed by atoms with Crippen molar-refractivity contribution in [2.75, 3.05) is 4.90 Å². The lowest BCUT2D eigenvalue weighted by Gasteiger charge is -2.46. The molecule has 0 radical (unpaired) electrons. The van der Waals surface area contributed by atoms with E-state index >= 15 is 0 Å². The normalized spacial score (nSPS) is 16.2. The zero-order valence-corrected chi connectivity index (χ0v) is 17.1. The van der Waals surface area contributed by atoms with E-state index in [2.05, 4.69) is 101 Å². The summed E-state index contributed by atoms with van der Waals surface area (Å²) in [6.07, 6.45) is 4.37. The van der Waals surface area contributed by atoms with E-state index in [0.29, 0.717) is 6.04 Å². The average molecular weight is 347 g/mol. The standard InChI is InChI=1S/C24H30N2/c1-16(2)26-23-12-18(4)20(13-22(23)19(5)14-24(26,6)7)15-25-21-10-8-17(3)9-11-21/h8-16H,1-7H3. The first-order valence-electron chi connectivity index (χ1n) is 9.43. The second kappa shape index (κ2) is 6.75. The minimum absolute atomic E-state index is 0.0230. The van der Waals surface area contributed by atoms with Crippen LogP contribution >= 0.6 is 0 Å². The number of nitrogens with zero attached hydrogens (tertiary/aromatic N) is 2. The van der Waals surface area contributed by atoms with Gasteiger partial charge >= 0.3 is 0 Å². The molecule has 0 atom stereocenters. The molecule has 1 aliphatic heterocycles. The first-order chi connectivity index (χ1) is 12.2. The quantitative estimate of drug-likeness (QED) is 0.582. The number of fused-ring (bicyclic) bond motifs is 1. The van der Waals surface area contributed by atoms with Crippen LogP contribution in [0.25, 0.3) is 5.57 Å². The number of allylic oxidation sites excluding steroid dienone is 1. The van der Waals surface area contributed by atoms with Crippen LogP contribution in [-0.2, 0) is 0 Å². The minimum atomic E-state index is 0.0230. The zero-order valence-electron chi connectivity index (χ0n) is 17.1. The molecule has 2 nitrogen and oxygen atoms in total. The molecule has 0 saturated heterocycles. The Hall–Kier alpha value is -2.35. The van der Waals surface area contributed by atoms with Crippen LogP contribution in [0.3, 0.4) is 0 Å². The first kappa shape index (κ1) is 18.4. The molecule has 0 spiro atoms. The molecule has 1 heterocycles. The van der Waals surface area contributed by atoms with E-state index in [1.165, 1.54) is 33.5 Å². The molecule has 2 aromatic rings. The number of rotatable bonds is 3. The van der Waals surface area contributed by atoms with Gasteiger partial charge in [0, 0.05) is 23.5 Å². The third-order valence-electron chi connectivity index (χ3n) is 5.16. The number of aliphatic imine (C=N–C) groups is 1. The lowest BCUT2D eigenvalue weighted by molar-refractivity contribution is 0.507. The molecule has 0 saturated carbocycles. The smallest absolute Gasteiger partial charge is 0.0630 e. The van der Waals surface area contributed by atoms with E-state index in [4.69, 9.17) is 0 Å². The summed E-state index contributed by atoms with van der Waals surface area (Å²) >= 11 is 0. The molecule has 1 aliphatic rings. The molecule has 0 unspecified atom stereocenters. The van der Waals surface area contributed by atoms with Gasteiger partial charge in [-0.1, -0.05) is 23.8 Å². The van der Waals surface area contributed by atoms with E-state index < -0.39 is 0 Å². The van der Waals surface area contributed by atoms with Gasteiger partial charge in [-0.3, -0.25) is 4.99 Å². The number of hydrogen-bond donors (Lipinski definition) is 0. The molecule has 0 N–H and O–H groups in total. The summed E-state index contributed by atoms with van der Waals surface area (Å²) in [7, 11) is 0. The van der Waals surface area contributed by atoms with Crippen molar-refractivity contribution in [1.82, 2.24) is 0 Å². The van der Waals surface area contributed by atoms with Crippen molar-refractivity contribution in [2.24, 2.45) is 4.99 Å². The van der Waals surface area contributed by atoms with Crippen molar-refractivity contribution >= 4 is 23.2 Å². The highest BCUT2D eigenvalue weighted by Crippen LogP contribution is 2.41.